The van der Waals surface area contributed by atoms with Crippen LogP contribution in [0.2, 0.25) is 10.0 Å². The van der Waals surface area contributed by atoms with E-state index in [0.29, 0.717) is 5.69 Å². The van der Waals surface area contributed by atoms with Crippen LogP contribution >= 0.6 is 23.2 Å². The number of carboxylic acids is 1. The molecule has 0 spiro atoms. The van der Waals surface area contributed by atoms with E-state index in [1.165, 1.54) is 18.2 Å². The van der Waals surface area contributed by atoms with Crippen LogP contribution in [0.15, 0.2) is 71.6 Å². The molecule has 10 heteroatoms. The molecule has 1 amide bonds. The second kappa shape index (κ2) is 8.74. The Morgan fingerprint density at radius 1 is 0.833 bits per heavy atom. The summed E-state index contributed by atoms with van der Waals surface area (Å²) in [4.78, 5) is 23.3. The predicted molar refractivity (Wildman–Crippen MR) is 115 cm³/mol. The van der Waals surface area contributed by atoms with Crippen molar-refractivity contribution in [2.45, 2.75) is 4.90 Å². The summed E-state index contributed by atoms with van der Waals surface area (Å²) in [6.45, 7) is 0. The fourth-order valence-electron chi connectivity index (χ4n) is 2.55. The van der Waals surface area contributed by atoms with Crippen LogP contribution in [-0.4, -0.2) is 25.4 Å². The molecule has 0 aliphatic carbocycles. The number of hydrogen-bond acceptors (Lipinski definition) is 4. The van der Waals surface area contributed by atoms with Gasteiger partial charge in [-0.25, -0.2) is 13.2 Å². The van der Waals surface area contributed by atoms with Crippen molar-refractivity contribution >= 4 is 56.5 Å². The van der Waals surface area contributed by atoms with E-state index in [-0.39, 0.29) is 31.8 Å². The number of nitrogens with one attached hydrogen (secondary N) is 2. The average Bonchev–Trinajstić information content (AvgIpc) is 2.68. The van der Waals surface area contributed by atoms with Crippen LogP contribution < -0.4 is 10.0 Å². The first kappa shape index (κ1) is 21.6. The van der Waals surface area contributed by atoms with Crippen LogP contribution in [0.25, 0.3) is 0 Å². The van der Waals surface area contributed by atoms with Crippen molar-refractivity contribution in [1.82, 2.24) is 0 Å². The van der Waals surface area contributed by atoms with Gasteiger partial charge in [0.25, 0.3) is 15.9 Å². The monoisotopic (exact) mass is 464 g/mol. The van der Waals surface area contributed by atoms with Gasteiger partial charge in [-0.3, -0.25) is 9.52 Å². The lowest BCUT2D eigenvalue weighted by atomic mass is 10.2. The van der Waals surface area contributed by atoms with Gasteiger partial charge in [-0.1, -0.05) is 47.5 Å². The van der Waals surface area contributed by atoms with Crippen molar-refractivity contribution in [3.63, 3.8) is 0 Å². The van der Waals surface area contributed by atoms with Gasteiger partial charge in [0.15, 0.2) is 0 Å². The fourth-order valence-corrected chi connectivity index (χ4v) is 4.46. The Bertz CT molecular complexity index is 1230. The molecule has 0 saturated heterocycles. The zero-order valence-corrected chi connectivity index (χ0v) is 17.4. The van der Waals surface area contributed by atoms with Gasteiger partial charge in [0.05, 0.1) is 21.2 Å². The number of benzene rings is 3. The minimum atomic E-state index is -4.25. The smallest absolute Gasteiger partial charge is 0.335 e. The van der Waals surface area contributed by atoms with Crippen LogP contribution in [0, 0.1) is 0 Å². The van der Waals surface area contributed by atoms with E-state index in [1.54, 1.807) is 30.3 Å². The van der Waals surface area contributed by atoms with Crippen molar-refractivity contribution in [3.05, 3.63) is 87.9 Å². The molecule has 3 aromatic carbocycles. The van der Waals surface area contributed by atoms with Gasteiger partial charge < -0.3 is 10.4 Å². The first-order valence-electron chi connectivity index (χ1n) is 8.39. The maximum atomic E-state index is 12.8. The predicted octanol–water partition coefficient (Wildman–Crippen LogP) is 4.74. The van der Waals surface area contributed by atoms with E-state index < -0.39 is 21.9 Å². The Morgan fingerprint density at radius 3 is 2.17 bits per heavy atom. The highest BCUT2D eigenvalue weighted by Gasteiger charge is 2.23. The van der Waals surface area contributed by atoms with Crippen molar-refractivity contribution in [2.75, 3.05) is 10.0 Å². The summed E-state index contributed by atoms with van der Waals surface area (Å²) in [5.41, 5.74) is 0.336. The fraction of sp³-hybridized carbons (Fsp3) is 0. The second-order valence-electron chi connectivity index (χ2n) is 6.07. The maximum Gasteiger partial charge on any atom is 0.335 e. The van der Waals surface area contributed by atoms with Crippen LogP contribution in [0.1, 0.15) is 20.7 Å². The number of carboxylic acid groups (broad SMARTS) is 1. The third-order valence-electron chi connectivity index (χ3n) is 3.95. The summed E-state index contributed by atoms with van der Waals surface area (Å²) in [6.07, 6.45) is 0. The summed E-state index contributed by atoms with van der Waals surface area (Å²) in [6, 6.07) is 16.0. The largest absolute Gasteiger partial charge is 0.478 e. The summed E-state index contributed by atoms with van der Waals surface area (Å²) in [7, 11) is -4.25. The number of sulfonamides is 1. The molecule has 0 atom stereocenters. The van der Waals surface area contributed by atoms with Crippen LogP contribution in [-0.2, 0) is 10.0 Å². The number of carbonyl (C=O) groups is 2. The highest BCUT2D eigenvalue weighted by atomic mass is 35.5. The highest BCUT2D eigenvalue weighted by molar-refractivity contribution is 7.92. The molecule has 0 fully saturated rings. The minimum absolute atomic E-state index is 0.0243. The van der Waals surface area contributed by atoms with Gasteiger partial charge in [0, 0.05) is 11.4 Å². The third-order valence-corrected chi connectivity index (χ3v) is 6.11. The molecule has 0 saturated carbocycles. The summed E-state index contributed by atoms with van der Waals surface area (Å²) < 4.78 is 27.9. The van der Waals surface area contributed by atoms with Crippen molar-refractivity contribution in [3.8, 4) is 0 Å². The van der Waals surface area contributed by atoms with Crippen LogP contribution in [0.3, 0.4) is 0 Å². The number of anilines is 2. The normalized spacial score (nSPS) is 11.0. The Balaban J connectivity index is 1.95. The molecule has 3 N–H and O–H groups in total. The lowest BCUT2D eigenvalue weighted by Crippen LogP contribution is -2.17. The SMILES string of the molecule is O=C(O)c1cccc(NS(=O)(=O)c2cc(C(=O)Nc3ccccc3)c(Cl)cc2Cl)c1. The van der Waals surface area contributed by atoms with Gasteiger partial charge in [0.2, 0.25) is 0 Å². The van der Waals surface area contributed by atoms with Gasteiger partial charge in [0.1, 0.15) is 4.90 Å². The van der Waals surface area contributed by atoms with Crippen molar-refractivity contribution in [1.29, 1.82) is 0 Å². The number of halogens is 2. The minimum Gasteiger partial charge on any atom is -0.478 e. The number of rotatable bonds is 6. The van der Waals surface area contributed by atoms with E-state index in [9.17, 15) is 18.0 Å². The molecule has 0 unspecified atom stereocenters. The molecule has 0 aliphatic heterocycles. The number of hydrogen-bond donors (Lipinski definition) is 3. The number of para-hydroxylation sites is 1. The van der Waals surface area contributed by atoms with Crippen LogP contribution in [0.5, 0.6) is 0 Å². The van der Waals surface area contributed by atoms with E-state index in [2.05, 4.69) is 10.0 Å². The van der Waals surface area contributed by atoms with Crippen LogP contribution in [0.4, 0.5) is 11.4 Å². The first-order chi connectivity index (χ1) is 14.2. The van der Waals surface area contributed by atoms with Gasteiger partial charge >= 0.3 is 5.97 Å². The molecule has 3 rings (SSSR count). The van der Waals surface area contributed by atoms with Crippen molar-refractivity contribution in [2.24, 2.45) is 0 Å². The molecule has 0 aliphatic rings. The number of aromatic carboxylic acids is 1. The van der Waals surface area contributed by atoms with Gasteiger partial charge in [-0.05, 0) is 42.5 Å². The summed E-state index contributed by atoms with van der Waals surface area (Å²) in [5, 5.41) is 11.5. The molecule has 0 radical (unpaired) electrons. The van der Waals surface area contributed by atoms with Gasteiger partial charge in [-0.2, -0.15) is 0 Å². The Kier molecular flexibility index (Phi) is 6.31. The Morgan fingerprint density at radius 2 is 1.50 bits per heavy atom. The molecule has 30 heavy (non-hydrogen) atoms. The van der Waals surface area contributed by atoms with E-state index in [1.807, 2.05) is 0 Å². The quantitative estimate of drug-likeness (QED) is 0.487. The van der Waals surface area contributed by atoms with Crippen molar-refractivity contribution < 1.29 is 23.1 Å². The average molecular weight is 465 g/mol. The highest BCUT2D eigenvalue weighted by Crippen LogP contribution is 2.30. The topological polar surface area (TPSA) is 113 Å². The summed E-state index contributed by atoms with van der Waals surface area (Å²) >= 11 is 12.2. The van der Waals surface area contributed by atoms with E-state index in [4.69, 9.17) is 28.3 Å². The zero-order valence-electron chi connectivity index (χ0n) is 15.1. The third kappa shape index (κ3) is 4.91. The number of carbonyl (C=O) groups excluding carboxylic acids is 1. The van der Waals surface area contributed by atoms with E-state index in [0.717, 1.165) is 18.2 Å². The Labute approximate surface area is 182 Å². The molecule has 7 nitrogen and oxygen atoms in total. The molecule has 0 aromatic heterocycles. The molecule has 3 aromatic rings. The summed E-state index contributed by atoms with van der Waals surface area (Å²) in [5.74, 6) is -1.83. The van der Waals surface area contributed by atoms with Gasteiger partial charge in [-0.15, -0.1) is 0 Å². The molecule has 0 bridgehead atoms. The zero-order chi connectivity index (χ0) is 21.9. The standard InChI is InChI=1S/C20H14Cl2N2O5S/c21-16-11-17(22)18(10-15(16)19(25)23-13-6-2-1-3-7-13)30(28,29)24-14-8-4-5-12(9-14)20(26)27/h1-11,24H,(H,23,25)(H,26,27). The molecule has 154 valence electrons. The Hall–Kier alpha value is -3.07. The number of amides is 1. The van der Waals surface area contributed by atoms with E-state index >= 15 is 0 Å². The first-order valence-corrected chi connectivity index (χ1v) is 10.6. The molecule has 0 heterocycles. The molecular formula is C20H14Cl2N2O5S. The lowest BCUT2D eigenvalue weighted by Gasteiger charge is -2.13. The maximum absolute atomic E-state index is 12.8. The second-order valence-corrected chi connectivity index (χ2v) is 8.54. The molecular weight excluding hydrogens is 451 g/mol. The lowest BCUT2D eigenvalue weighted by molar-refractivity contribution is 0.0696.